The Balaban J connectivity index is 1.29. The molecule has 0 fully saturated rings. The standard InChI is InChI=1S/C36H36ClN3O3/c1-25(2)19-20-42-34-18-13-29(21-26(34)3)35-30(23-40(39-35)32-7-5-4-6-8-32)22-38-36(41)28-11-16-33(17-12-28)43-24-27-9-14-31(37)15-10-27/h4-18,21,23,25H,19-20,22,24H2,1-3H3,(H,38,41). The summed E-state index contributed by atoms with van der Waals surface area (Å²) in [7, 11) is 0. The summed E-state index contributed by atoms with van der Waals surface area (Å²) in [6, 6.07) is 30.7. The smallest absolute Gasteiger partial charge is 0.251 e. The van der Waals surface area contributed by atoms with Crippen LogP contribution in [-0.4, -0.2) is 22.3 Å². The molecule has 4 aromatic carbocycles. The third-order valence-electron chi connectivity index (χ3n) is 7.09. The lowest BCUT2D eigenvalue weighted by Gasteiger charge is -2.12. The van der Waals surface area contributed by atoms with Crippen molar-refractivity contribution in [2.45, 2.75) is 40.3 Å². The van der Waals surface area contributed by atoms with Crippen LogP contribution in [0.4, 0.5) is 0 Å². The van der Waals surface area contributed by atoms with Crippen molar-refractivity contribution in [1.29, 1.82) is 0 Å². The molecule has 0 spiro atoms. The fraction of sp³-hybridized carbons (Fsp3) is 0.222. The van der Waals surface area contributed by atoms with Crippen LogP contribution in [0.1, 0.15) is 47.3 Å². The summed E-state index contributed by atoms with van der Waals surface area (Å²) in [4.78, 5) is 13.1. The number of carbonyl (C=O) groups excluding carboxylic acids is 1. The molecule has 0 unspecified atom stereocenters. The van der Waals surface area contributed by atoms with Crippen molar-refractivity contribution in [3.63, 3.8) is 0 Å². The van der Waals surface area contributed by atoms with Crippen LogP contribution in [-0.2, 0) is 13.2 Å². The van der Waals surface area contributed by atoms with Gasteiger partial charge in [0.05, 0.1) is 18.0 Å². The maximum atomic E-state index is 13.1. The zero-order valence-electron chi connectivity index (χ0n) is 24.7. The largest absolute Gasteiger partial charge is 0.493 e. The van der Waals surface area contributed by atoms with E-state index in [-0.39, 0.29) is 5.91 Å². The van der Waals surface area contributed by atoms with E-state index < -0.39 is 0 Å². The Morgan fingerprint density at radius 1 is 0.930 bits per heavy atom. The first kappa shape index (κ1) is 29.9. The lowest BCUT2D eigenvalue weighted by molar-refractivity contribution is 0.0951. The number of rotatable bonds is 12. The van der Waals surface area contributed by atoms with E-state index in [2.05, 4.69) is 25.2 Å². The molecule has 1 amide bonds. The first-order chi connectivity index (χ1) is 20.9. The predicted octanol–water partition coefficient (Wildman–Crippen LogP) is 8.44. The SMILES string of the molecule is Cc1cc(-c2nn(-c3ccccc3)cc2CNC(=O)c2ccc(OCc3ccc(Cl)cc3)cc2)ccc1OCCC(C)C. The van der Waals surface area contributed by atoms with Gasteiger partial charge in [-0.15, -0.1) is 0 Å². The fourth-order valence-corrected chi connectivity index (χ4v) is 4.71. The first-order valence-corrected chi connectivity index (χ1v) is 14.9. The van der Waals surface area contributed by atoms with Gasteiger partial charge in [0.15, 0.2) is 0 Å². The van der Waals surface area contributed by atoms with Gasteiger partial charge in [0.1, 0.15) is 18.1 Å². The second-order valence-corrected chi connectivity index (χ2v) is 11.4. The third-order valence-corrected chi connectivity index (χ3v) is 7.34. The summed E-state index contributed by atoms with van der Waals surface area (Å²) < 4.78 is 13.7. The molecule has 0 saturated heterocycles. The molecule has 5 rings (SSSR count). The molecule has 0 radical (unpaired) electrons. The molecule has 1 aromatic heterocycles. The Morgan fingerprint density at radius 3 is 2.37 bits per heavy atom. The highest BCUT2D eigenvalue weighted by Gasteiger charge is 2.16. The van der Waals surface area contributed by atoms with E-state index in [1.165, 1.54) is 0 Å². The van der Waals surface area contributed by atoms with E-state index in [1.807, 2.05) is 84.5 Å². The van der Waals surface area contributed by atoms with Crippen molar-refractivity contribution in [3.05, 3.63) is 131 Å². The number of carbonyl (C=O) groups is 1. The monoisotopic (exact) mass is 593 g/mol. The molecule has 1 heterocycles. The van der Waals surface area contributed by atoms with E-state index in [1.54, 1.807) is 24.3 Å². The molecular weight excluding hydrogens is 558 g/mol. The number of benzene rings is 4. The molecule has 0 bridgehead atoms. The van der Waals surface area contributed by atoms with Crippen LogP contribution in [0.3, 0.4) is 0 Å². The highest BCUT2D eigenvalue weighted by Crippen LogP contribution is 2.29. The lowest BCUT2D eigenvalue weighted by atomic mass is 10.0. The Labute approximate surface area is 258 Å². The Morgan fingerprint density at radius 2 is 1.67 bits per heavy atom. The molecular formula is C36H36ClN3O3. The number of aromatic nitrogens is 2. The predicted molar refractivity (Wildman–Crippen MR) is 172 cm³/mol. The van der Waals surface area contributed by atoms with E-state index in [0.717, 1.165) is 45.8 Å². The molecule has 220 valence electrons. The Kier molecular flexibility index (Phi) is 9.80. The normalized spacial score (nSPS) is 11.0. The van der Waals surface area contributed by atoms with Gasteiger partial charge in [-0.3, -0.25) is 4.79 Å². The van der Waals surface area contributed by atoms with Crippen LogP contribution in [0.15, 0.2) is 103 Å². The first-order valence-electron chi connectivity index (χ1n) is 14.5. The molecule has 7 heteroatoms. The summed E-state index contributed by atoms with van der Waals surface area (Å²) in [6.07, 6.45) is 2.98. The number of ether oxygens (including phenoxy) is 2. The average Bonchev–Trinajstić information content (AvgIpc) is 3.45. The van der Waals surface area contributed by atoms with Crippen molar-refractivity contribution in [2.75, 3.05) is 6.61 Å². The van der Waals surface area contributed by atoms with E-state index in [4.69, 9.17) is 26.2 Å². The van der Waals surface area contributed by atoms with Gasteiger partial charge in [-0.05, 0) is 97.1 Å². The Hall–Kier alpha value is -4.55. The van der Waals surface area contributed by atoms with Crippen molar-refractivity contribution >= 4 is 17.5 Å². The summed E-state index contributed by atoms with van der Waals surface area (Å²) in [5, 5.41) is 8.68. The van der Waals surface area contributed by atoms with Crippen molar-refractivity contribution in [2.24, 2.45) is 5.92 Å². The highest BCUT2D eigenvalue weighted by molar-refractivity contribution is 6.30. The maximum absolute atomic E-state index is 13.1. The van der Waals surface area contributed by atoms with E-state index in [9.17, 15) is 4.79 Å². The third kappa shape index (κ3) is 8.05. The minimum atomic E-state index is -0.173. The number of hydrogen-bond donors (Lipinski definition) is 1. The van der Waals surface area contributed by atoms with Crippen molar-refractivity contribution in [1.82, 2.24) is 15.1 Å². The quantitative estimate of drug-likeness (QED) is 0.158. The molecule has 6 nitrogen and oxygen atoms in total. The van der Waals surface area contributed by atoms with Gasteiger partial charge in [0.2, 0.25) is 0 Å². The number of para-hydroxylation sites is 1. The zero-order chi connectivity index (χ0) is 30.2. The number of halogens is 1. The average molecular weight is 594 g/mol. The Bertz CT molecular complexity index is 1650. The fourth-order valence-electron chi connectivity index (χ4n) is 4.59. The van der Waals surface area contributed by atoms with Crippen molar-refractivity contribution in [3.8, 4) is 28.4 Å². The summed E-state index contributed by atoms with van der Waals surface area (Å²) in [5.74, 6) is 1.98. The minimum Gasteiger partial charge on any atom is -0.493 e. The van der Waals surface area contributed by atoms with Gasteiger partial charge in [0.25, 0.3) is 5.91 Å². The molecule has 0 saturated carbocycles. The molecule has 0 aliphatic rings. The molecule has 0 aliphatic carbocycles. The number of amides is 1. The lowest BCUT2D eigenvalue weighted by Crippen LogP contribution is -2.22. The van der Waals surface area contributed by atoms with Gasteiger partial charge in [-0.2, -0.15) is 5.10 Å². The van der Waals surface area contributed by atoms with Gasteiger partial charge < -0.3 is 14.8 Å². The second kappa shape index (κ2) is 14.1. The molecule has 0 aliphatic heterocycles. The summed E-state index contributed by atoms with van der Waals surface area (Å²) >= 11 is 5.96. The van der Waals surface area contributed by atoms with Gasteiger partial charge >= 0.3 is 0 Å². The number of aryl methyl sites for hydroxylation is 1. The van der Waals surface area contributed by atoms with Gasteiger partial charge in [0, 0.05) is 34.5 Å². The van der Waals surface area contributed by atoms with Crippen LogP contribution in [0, 0.1) is 12.8 Å². The summed E-state index contributed by atoms with van der Waals surface area (Å²) in [5.41, 5.74) is 6.25. The maximum Gasteiger partial charge on any atom is 0.251 e. The van der Waals surface area contributed by atoms with Gasteiger partial charge in [-0.25, -0.2) is 4.68 Å². The zero-order valence-corrected chi connectivity index (χ0v) is 25.5. The van der Waals surface area contributed by atoms with Crippen LogP contribution >= 0.6 is 11.6 Å². The number of nitrogens with one attached hydrogen (secondary N) is 1. The minimum absolute atomic E-state index is 0.173. The topological polar surface area (TPSA) is 65.4 Å². The van der Waals surface area contributed by atoms with E-state index >= 15 is 0 Å². The number of nitrogens with zero attached hydrogens (tertiary/aromatic N) is 2. The van der Waals surface area contributed by atoms with Crippen LogP contribution in [0.2, 0.25) is 5.02 Å². The molecule has 5 aromatic rings. The second-order valence-electron chi connectivity index (χ2n) is 10.9. The molecule has 0 atom stereocenters. The number of hydrogen-bond acceptors (Lipinski definition) is 4. The molecule has 43 heavy (non-hydrogen) atoms. The highest BCUT2D eigenvalue weighted by atomic mass is 35.5. The van der Waals surface area contributed by atoms with Crippen molar-refractivity contribution < 1.29 is 14.3 Å². The molecule has 1 N–H and O–H groups in total. The summed E-state index contributed by atoms with van der Waals surface area (Å²) in [6.45, 7) is 7.86. The van der Waals surface area contributed by atoms with E-state index in [0.29, 0.717) is 42.0 Å². The van der Waals surface area contributed by atoms with Crippen LogP contribution < -0.4 is 14.8 Å². The van der Waals surface area contributed by atoms with Crippen LogP contribution in [0.5, 0.6) is 11.5 Å². The van der Waals surface area contributed by atoms with Gasteiger partial charge in [-0.1, -0.05) is 55.8 Å². The van der Waals surface area contributed by atoms with Crippen LogP contribution in [0.25, 0.3) is 16.9 Å².